The smallest absolute Gasteiger partial charge is 0.309 e. The minimum absolute atomic E-state index is 0.0368. The molecule has 1 aliphatic heterocycles. The molecular weight excluding hydrogens is 428 g/mol. The van der Waals surface area contributed by atoms with Gasteiger partial charge in [-0.1, -0.05) is 39.0 Å². The molecule has 34 heavy (non-hydrogen) atoms. The van der Waals surface area contributed by atoms with E-state index in [4.69, 9.17) is 9.47 Å². The number of hydrogen-bond donors (Lipinski definition) is 0. The average Bonchev–Trinajstić information content (AvgIpc) is 3.18. The fourth-order valence-electron chi connectivity index (χ4n) is 4.26. The van der Waals surface area contributed by atoms with Crippen LogP contribution < -0.4 is 4.74 Å². The highest BCUT2D eigenvalue weighted by Gasteiger charge is 2.32. The lowest BCUT2D eigenvalue weighted by Crippen LogP contribution is -2.33. The number of nitrogens with zero attached hydrogens (tertiary/aromatic N) is 2. The third-order valence-corrected chi connectivity index (χ3v) is 6.71. The lowest BCUT2D eigenvalue weighted by Gasteiger charge is -2.20. The minimum atomic E-state index is -0.484. The lowest BCUT2D eigenvalue weighted by molar-refractivity contribution is -0.151. The van der Waals surface area contributed by atoms with Crippen LogP contribution in [0.1, 0.15) is 50.9 Å². The van der Waals surface area contributed by atoms with Gasteiger partial charge in [-0.25, -0.2) is 0 Å². The molecule has 1 aliphatic rings. The van der Waals surface area contributed by atoms with Gasteiger partial charge in [0.2, 0.25) is 5.91 Å². The van der Waals surface area contributed by atoms with Crippen molar-refractivity contribution >= 4 is 11.9 Å². The number of benzene rings is 1. The van der Waals surface area contributed by atoms with Crippen molar-refractivity contribution in [3.63, 3.8) is 0 Å². The number of rotatable bonds is 11. The van der Waals surface area contributed by atoms with Crippen molar-refractivity contribution in [2.45, 2.75) is 53.4 Å². The third-order valence-electron chi connectivity index (χ3n) is 6.71. The molecule has 0 saturated carbocycles. The van der Waals surface area contributed by atoms with Crippen LogP contribution in [-0.4, -0.2) is 48.1 Å². The quantitative estimate of drug-likeness (QED) is 0.457. The van der Waals surface area contributed by atoms with E-state index < -0.39 is 5.92 Å². The summed E-state index contributed by atoms with van der Waals surface area (Å²) in [6.45, 7) is 10.6. The molecule has 184 valence electrons. The van der Waals surface area contributed by atoms with Crippen molar-refractivity contribution in [1.29, 1.82) is 0 Å². The highest BCUT2D eigenvalue weighted by atomic mass is 16.5. The highest BCUT2D eigenvalue weighted by molar-refractivity contribution is 5.83. The molecule has 6 nitrogen and oxygen atoms in total. The fraction of sp³-hybridized carbons (Fsp3) is 0.536. The standard InChI is InChI=1S/C28H38N2O4/c1-5-22-7-10-25(29-17-22)13-14-34-26-11-8-23(9-12-26)15-24(28(32)33-6-2)16-27(31)30-18-20(3)21(4)19-30/h7-12,17,20-21,24H,5-6,13-16,18-19H2,1-4H3/t20-,21+,24?. The molecule has 6 heteroatoms. The molecule has 1 aromatic carbocycles. The zero-order valence-corrected chi connectivity index (χ0v) is 21.0. The minimum Gasteiger partial charge on any atom is -0.493 e. The van der Waals surface area contributed by atoms with Crippen LogP contribution in [0.15, 0.2) is 42.6 Å². The Morgan fingerprint density at radius 2 is 1.71 bits per heavy atom. The van der Waals surface area contributed by atoms with E-state index in [1.165, 1.54) is 5.56 Å². The number of pyridine rings is 1. The molecule has 1 aromatic heterocycles. The number of esters is 1. The van der Waals surface area contributed by atoms with Crippen LogP contribution in [0.25, 0.3) is 0 Å². The predicted molar refractivity (Wildman–Crippen MR) is 133 cm³/mol. The first-order valence-corrected chi connectivity index (χ1v) is 12.5. The molecule has 0 aliphatic carbocycles. The zero-order chi connectivity index (χ0) is 24.5. The van der Waals surface area contributed by atoms with Gasteiger partial charge >= 0.3 is 5.97 Å². The molecule has 3 atom stereocenters. The van der Waals surface area contributed by atoms with Crippen LogP contribution in [-0.2, 0) is 33.6 Å². The van der Waals surface area contributed by atoms with E-state index in [0.29, 0.717) is 31.5 Å². The second kappa shape index (κ2) is 12.5. The van der Waals surface area contributed by atoms with Gasteiger partial charge < -0.3 is 14.4 Å². The molecule has 0 radical (unpaired) electrons. The molecule has 0 bridgehead atoms. The maximum atomic E-state index is 12.9. The summed E-state index contributed by atoms with van der Waals surface area (Å²) in [4.78, 5) is 31.8. The van der Waals surface area contributed by atoms with Gasteiger partial charge in [-0.05, 0) is 60.9 Å². The number of ether oxygens (including phenoxy) is 2. The van der Waals surface area contributed by atoms with E-state index in [1.54, 1.807) is 6.92 Å². The number of carbonyl (C=O) groups excluding carboxylic acids is 2. The monoisotopic (exact) mass is 466 g/mol. The van der Waals surface area contributed by atoms with Crippen molar-refractivity contribution in [2.75, 3.05) is 26.3 Å². The average molecular weight is 467 g/mol. The van der Waals surface area contributed by atoms with E-state index in [2.05, 4.69) is 31.8 Å². The molecule has 0 N–H and O–H groups in total. The first-order chi connectivity index (χ1) is 16.4. The van der Waals surface area contributed by atoms with Gasteiger partial charge in [0, 0.05) is 37.8 Å². The van der Waals surface area contributed by atoms with Gasteiger partial charge in [-0.15, -0.1) is 0 Å². The number of likely N-dealkylation sites (tertiary alicyclic amines) is 1. The Balaban J connectivity index is 1.53. The van der Waals surface area contributed by atoms with Crippen LogP contribution in [0.5, 0.6) is 5.75 Å². The van der Waals surface area contributed by atoms with Gasteiger partial charge in [-0.2, -0.15) is 0 Å². The van der Waals surface area contributed by atoms with E-state index in [0.717, 1.165) is 42.9 Å². The van der Waals surface area contributed by atoms with Gasteiger partial charge in [0.05, 0.1) is 19.1 Å². The topological polar surface area (TPSA) is 68.7 Å². The van der Waals surface area contributed by atoms with Crippen LogP contribution in [0.2, 0.25) is 0 Å². The molecule has 2 aromatic rings. The summed E-state index contributed by atoms with van der Waals surface area (Å²) in [5, 5.41) is 0. The largest absolute Gasteiger partial charge is 0.493 e. The molecule has 1 fully saturated rings. The lowest BCUT2D eigenvalue weighted by atomic mass is 9.95. The number of aromatic nitrogens is 1. The van der Waals surface area contributed by atoms with Gasteiger partial charge in [0.25, 0.3) is 0 Å². The molecule has 1 amide bonds. The van der Waals surface area contributed by atoms with Crippen molar-refractivity contribution in [2.24, 2.45) is 17.8 Å². The van der Waals surface area contributed by atoms with Crippen molar-refractivity contribution in [3.8, 4) is 5.75 Å². The highest BCUT2D eigenvalue weighted by Crippen LogP contribution is 2.25. The summed E-state index contributed by atoms with van der Waals surface area (Å²) >= 11 is 0. The number of amides is 1. The molecule has 1 unspecified atom stereocenters. The van der Waals surface area contributed by atoms with E-state index >= 15 is 0 Å². The molecule has 1 saturated heterocycles. The zero-order valence-electron chi connectivity index (χ0n) is 21.0. The summed E-state index contributed by atoms with van der Waals surface area (Å²) in [6, 6.07) is 11.9. The number of hydrogen-bond acceptors (Lipinski definition) is 5. The first kappa shape index (κ1) is 25.7. The first-order valence-electron chi connectivity index (χ1n) is 12.5. The Labute approximate surface area is 203 Å². The summed E-state index contributed by atoms with van der Waals surface area (Å²) in [6.07, 6.45) is 4.29. The van der Waals surface area contributed by atoms with E-state index in [9.17, 15) is 9.59 Å². The van der Waals surface area contributed by atoms with Crippen LogP contribution in [0, 0.1) is 17.8 Å². The number of aryl methyl sites for hydroxylation is 1. The summed E-state index contributed by atoms with van der Waals surface area (Å²) in [5.41, 5.74) is 3.23. The normalized spacial score (nSPS) is 18.5. The van der Waals surface area contributed by atoms with Gasteiger partial charge in [0.15, 0.2) is 0 Å². The Kier molecular flexibility index (Phi) is 9.49. The maximum Gasteiger partial charge on any atom is 0.309 e. The van der Waals surface area contributed by atoms with Crippen molar-refractivity contribution in [1.82, 2.24) is 9.88 Å². The van der Waals surface area contributed by atoms with Gasteiger partial charge in [-0.3, -0.25) is 14.6 Å². The van der Waals surface area contributed by atoms with Crippen molar-refractivity contribution < 1.29 is 19.1 Å². The van der Waals surface area contributed by atoms with Crippen LogP contribution >= 0.6 is 0 Å². The third kappa shape index (κ3) is 7.31. The Hall–Kier alpha value is -2.89. The Morgan fingerprint density at radius 3 is 2.29 bits per heavy atom. The van der Waals surface area contributed by atoms with E-state index in [1.807, 2.05) is 41.4 Å². The Morgan fingerprint density at radius 1 is 1.03 bits per heavy atom. The molecule has 2 heterocycles. The maximum absolute atomic E-state index is 12.9. The van der Waals surface area contributed by atoms with Crippen LogP contribution in [0.3, 0.4) is 0 Å². The van der Waals surface area contributed by atoms with Crippen LogP contribution in [0.4, 0.5) is 0 Å². The summed E-state index contributed by atoms with van der Waals surface area (Å²) in [5.74, 6) is 1.00. The summed E-state index contributed by atoms with van der Waals surface area (Å²) < 4.78 is 11.1. The second-order valence-corrected chi connectivity index (χ2v) is 9.36. The second-order valence-electron chi connectivity index (χ2n) is 9.36. The number of carbonyl (C=O) groups is 2. The predicted octanol–water partition coefficient (Wildman–Crippen LogP) is 4.49. The molecular formula is C28H38N2O4. The summed E-state index contributed by atoms with van der Waals surface area (Å²) in [7, 11) is 0. The molecule has 3 rings (SSSR count). The van der Waals surface area contributed by atoms with Crippen molar-refractivity contribution in [3.05, 3.63) is 59.4 Å². The SMILES string of the molecule is CCOC(=O)C(CC(=O)N1C[C@@H](C)[C@@H](C)C1)Cc1ccc(OCCc2ccc(CC)cn2)cc1. The van der Waals surface area contributed by atoms with E-state index in [-0.39, 0.29) is 18.3 Å². The fourth-order valence-corrected chi connectivity index (χ4v) is 4.26. The van der Waals surface area contributed by atoms with Gasteiger partial charge in [0.1, 0.15) is 5.75 Å². The Bertz CT molecular complexity index is 916. The molecule has 0 spiro atoms.